The molecule has 1 aromatic heterocycles. The van der Waals surface area contributed by atoms with Gasteiger partial charge in [-0.15, -0.1) is 0 Å². The van der Waals surface area contributed by atoms with Crippen LogP contribution in [0.4, 0.5) is 0 Å². The Labute approximate surface area is 161 Å². The summed E-state index contributed by atoms with van der Waals surface area (Å²) >= 11 is 0. The minimum atomic E-state index is -0.155. The summed E-state index contributed by atoms with van der Waals surface area (Å²) < 4.78 is 0. The second kappa shape index (κ2) is 6.22. The molecule has 4 bridgehead atoms. The fourth-order valence-corrected chi connectivity index (χ4v) is 6.69. The predicted molar refractivity (Wildman–Crippen MR) is 105 cm³/mol. The van der Waals surface area contributed by atoms with Crippen molar-refractivity contribution in [3.05, 3.63) is 53.6 Å². The van der Waals surface area contributed by atoms with Crippen LogP contribution in [0.25, 0.3) is 0 Å². The lowest BCUT2D eigenvalue weighted by Gasteiger charge is -2.61. The SMILES string of the molecule is Cc1ccc(C23CC4CC(CC(C(=O)NCCc5ncc[nH]5)(C4)C2)C3)cc1. The van der Waals surface area contributed by atoms with Gasteiger partial charge in [-0.1, -0.05) is 29.8 Å². The molecule has 6 rings (SSSR count). The Hall–Kier alpha value is -2.10. The molecule has 0 radical (unpaired) electrons. The molecule has 4 aliphatic carbocycles. The number of carbonyl (C=O) groups is 1. The smallest absolute Gasteiger partial charge is 0.226 e. The highest BCUT2D eigenvalue weighted by molar-refractivity contribution is 5.83. The van der Waals surface area contributed by atoms with Gasteiger partial charge in [-0.25, -0.2) is 4.98 Å². The molecule has 1 amide bonds. The van der Waals surface area contributed by atoms with E-state index in [2.05, 4.69) is 46.5 Å². The molecule has 2 unspecified atom stereocenters. The van der Waals surface area contributed by atoms with Gasteiger partial charge in [0.15, 0.2) is 0 Å². The third kappa shape index (κ3) is 2.90. The van der Waals surface area contributed by atoms with Gasteiger partial charge in [0.05, 0.1) is 5.41 Å². The summed E-state index contributed by atoms with van der Waals surface area (Å²) in [5.41, 5.74) is 2.85. The van der Waals surface area contributed by atoms with Gasteiger partial charge in [-0.2, -0.15) is 0 Å². The zero-order valence-electron chi connectivity index (χ0n) is 16.1. The molecular formula is C23H29N3O. The van der Waals surface area contributed by atoms with Gasteiger partial charge in [-0.05, 0) is 68.3 Å². The Kier molecular flexibility index (Phi) is 3.92. The first-order valence-electron chi connectivity index (χ1n) is 10.4. The van der Waals surface area contributed by atoms with E-state index < -0.39 is 0 Å². The lowest BCUT2D eigenvalue weighted by molar-refractivity contribution is -0.149. The van der Waals surface area contributed by atoms with Gasteiger partial charge >= 0.3 is 0 Å². The highest BCUT2D eigenvalue weighted by atomic mass is 16.2. The zero-order valence-corrected chi connectivity index (χ0v) is 16.1. The molecule has 4 heteroatoms. The van der Waals surface area contributed by atoms with Crippen LogP contribution in [-0.2, 0) is 16.6 Å². The van der Waals surface area contributed by atoms with Gasteiger partial charge in [0.2, 0.25) is 5.91 Å². The van der Waals surface area contributed by atoms with E-state index in [1.54, 1.807) is 6.20 Å². The normalized spacial score (nSPS) is 34.0. The van der Waals surface area contributed by atoms with Crippen molar-refractivity contribution in [2.75, 3.05) is 6.54 Å². The number of aromatic amines is 1. The van der Waals surface area contributed by atoms with Crippen LogP contribution in [0.5, 0.6) is 0 Å². The van der Waals surface area contributed by atoms with Gasteiger partial charge in [0.1, 0.15) is 5.82 Å². The monoisotopic (exact) mass is 363 g/mol. The third-order valence-corrected chi connectivity index (χ3v) is 7.41. The van der Waals surface area contributed by atoms with Crippen LogP contribution in [0.2, 0.25) is 0 Å². The van der Waals surface area contributed by atoms with E-state index in [9.17, 15) is 4.79 Å². The van der Waals surface area contributed by atoms with Gasteiger partial charge in [0.25, 0.3) is 0 Å². The second-order valence-electron chi connectivity index (χ2n) is 9.43. The quantitative estimate of drug-likeness (QED) is 0.846. The number of nitrogens with zero attached hydrogens (tertiary/aromatic N) is 1. The Morgan fingerprint density at radius 1 is 1.19 bits per heavy atom. The van der Waals surface area contributed by atoms with Crippen molar-refractivity contribution in [3.8, 4) is 0 Å². The molecule has 27 heavy (non-hydrogen) atoms. The van der Waals surface area contributed by atoms with Crippen molar-refractivity contribution in [1.82, 2.24) is 15.3 Å². The number of nitrogens with one attached hydrogen (secondary N) is 2. The molecule has 4 nitrogen and oxygen atoms in total. The van der Waals surface area contributed by atoms with Crippen LogP contribution in [-0.4, -0.2) is 22.4 Å². The molecular weight excluding hydrogens is 334 g/mol. The Balaban J connectivity index is 1.36. The van der Waals surface area contributed by atoms with E-state index in [0.717, 1.165) is 31.5 Å². The lowest BCUT2D eigenvalue weighted by atomic mass is 9.42. The standard InChI is InChI=1S/C23H29N3O/c1-16-2-4-19(5-3-16)22-11-17-10-18(12-22)14-23(13-17,15-22)21(27)26-7-6-20-24-8-9-25-20/h2-5,8-9,17-18H,6-7,10-15H2,1H3,(H,24,25)(H,26,27). The van der Waals surface area contributed by atoms with Crippen LogP contribution in [0.15, 0.2) is 36.7 Å². The topological polar surface area (TPSA) is 57.8 Å². The Morgan fingerprint density at radius 2 is 1.93 bits per heavy atom. The minimum Gasteiger partial charge on any atom is -0.355 e. The van der Waals surface area contributed by atoms with E-state index >= 15 is 0 Å². The average molecular weight is 364 g/mol. The number of hydrogen-bond donors (Lipinski definition) is 2. The van der Waals surface area contributed by atoms with E-state index in [-0.39, 0.29) is 10.8 Å². The average Bonchev–Trinajstić information content (AvgIpc) is 3.14. The van der Waals surface area contributed by atoms with Gasteiger partial charge in [0, 0.05) is 25.4 Å². The first kappa shape index (κ1) is 17.0. The first-order valence-corrected chi connectivity index (χ1v) is 10.4. The molecule has 2 atom stereocenters. The van der Waals surface area contributed by atoms with Crippen LogP contribution >= 0.6 is 0 Å². The van der Waals surface area contributed by atoms with Gasteiger partial charge in [-0.3, -0.25) is 4.79 Å². The van der Waals surface area contributed by atoms with Gasteiger partial charge < -0.3 is 10.3 Å². The van der Waals surface area contributed by atoms with Crippen LogP contribution in [0.3, 0.4) is 0 Å². The van der Waals surface area contributed by atoms with Crippen molar-refractivity contribution < 1.29 is 4.79 Å². The Bertz CT molecular complexity index is 810. The van der Waals surface area contributed by atoms with Crippen LogP contribution in [0, 0.1) is 24.2 Å². The zero-order chi connectivity index (χ0) is 18.5. The van der Waals surface area contributed by atoms with Crippen molar-refractivity contribution >= 4 is 5.91 Å². The van der Waals surface area contributed by atoms with Crippen LogP contribution in [0.1, 0.15) is 55.5 Å². The lowest BCUT2D eigenvalue weighted by Crippen LogP contribution is -2.59. The number of benzene rings is 1. The third-order valence-electron chi connectivity index (χ3n) is 7.41. The van der Waals surface area contributed by atoms with E-state index in [1.807, 2.05) is 6.20 Å². The van der Waals surface area contributed by atoms with E-state index in [1.165, 1.54) is 30.4 Å². The number of imidazole rings is 1. The number of rotatable bonds is 5. The summed E-state index contributed by atoms with van der Waals surface area (Å²) in [7, 11) is 0. The summed E-state index contributed by atoms with van der Waals surface area (Å²) in [4.78, 5) is 20.7. The number of aryl methyl sites for hydroxylation is 1. The molecule has 1 heterocycles. The minimum absolute atomic E-state index is 0.155. The Morgan fingerprint density at radius 3 is 2.59 bits per heavy atom. The first-order chi connectivity index (χ1) is 13.1. The second-order valence-corrected chi connectivity index (χ2v) is 9.43. The number of amides is 1. The van der Waals surface area contributed by atoms with Crippen molar-refractivity contribution in [1.29, 1.82) is 0 Å². The summed E-state index contributed by atoms with van der Waals surface area (Å²) in [5, 5.41) is 3.26. The largest absolute Gasteiger partial charge is 0.355 e. The number of hydrogen-bond acceptors (Lipinski definition) is 2. The molecule has 2 aromatic rings. The molecule has 0 aliphatic heterocycles. The van der Waals surface area contributed by atoms with Crippen molar-refractivity contribution in [3.63, 3.8) is 0 Å². The maximum absolute atomic E-state index is 13.3. The summed E-state index contributed by atoms with van der Waals surface area (Å²) in [6, 6.07) is 9.13. The molecule has 142 valence electrons. The maximum atomic E-state index is 13.3. The summed E-state index contributed by atoms with van der Waals surface area (Å²) in [5.74, 6) is 2.66. The van der Waals surface area contributed by atoms with Crippen molar-refractivity contribution in [2.24, 2.45) is 17.3 Å². The summed E-state index contributed by atoms with van der Waals surface area (Å²) in [6.07, 6.45) is 11.4. The molecule has 1 aromatic carbocycles. The van der Waals surface area contributed by atoms with E-state index in [0.29, 0.717) is 24.3 Å². The molecule has 4 aliphatic rings. The highest BCUT2D eigenvalue weighted by Gasteiger charge is 2.60. The van der Waals surface area contributed by atoms with Crippen molar-refractivity contribution in [2.45, 2.75) is 57.3 Å². The molecule has 0 spiro atoms. The predicted octanol–water partition coefficient (Wildman–Crippen LogP) is 3.92. The fraction of sp³-hybridized carbons (Fsp3) is 0.565. The molecule has 4 fully saturated rings. The highest BCUT2D eigenvalue weighted by Crippen LogP contribution is 2.65. The fourth-order valence-electron chi connectivity index (χ4n) is 6.69. The molecule has 4 saturated carbocycles. The van der Waals surface area contributed by atoms with E-state index in [4.69, 9.17) is 0 Å². The molecule has 2 N–H and O–H groups in total. The summed E-state index contributed by atoms with van der Waals surface area (Å²) in [6.45, 7) is 2.82. The maximum Gasteiger partial charge on any atom is 0.226 e. The molecule has 0 saturated heterocycles. The number of aromatic nitrogens is 2. The number of H-pyrrole nitrogens is 1. The van der Waals surface area contributed by atoms with Crippen LogP contribution < -0.4 is 5.32 Å². The number of carbonyl (C=O) groups excluding carboxylic acids is 1.